The standard InChI is InChI=1S/C13H19NO3/c1-3-13(2,14-5-8-16-9-6-14)12(15)11-4-7-17-10-11/h4,7,10H,3,5-6,8-9H2,1-2H3. The molecule has 17 heavy (non-hydrogen) atoms. The fourth-order valence-electron chi connectivity index (χ4n) is 2.29. The SMILES string of the molecule is CCC(C)(C(=O)c1ccoc1)N1CCOCC1. The van der Waals surface area contributed by atoms with Crippen LogP contribution in [-0.2, 0) is 4.74 Å². The minimum Gasteiger partial charge on any atom is -0.472 e. The van der Waals surface area contributed by atoms with E-state index >= 15 is 0 Å². The highest BCUT2D eigenvalue weighted by atomic mass is 16.5. The summed E-state index contributed by atoms with van der Waals surface area (Å²) in [6.45, 7) is 7.09. The molecule has 1 aromatic heterocycles. The number of Topliss-reactive ketones (excluding diaryl/α,β-unsaturated/α-hetero) is 1. The van der Waals surface area contributed by atoms with E-state index in [1.165, 1.54) is 6.26 Å². The van der Waals surface area contributed by atoms with Crippen LogP contribution in [0.25, 0.3) is 0 Å². The van der Waals surface area contributed by atoms with E-state index in [4.69, 9.17) is 9.15 Å². The van der Waals surface area contributed by atoms with Crippen molar-refractivity contribution in [3.8, 4) is 0 Å². The molecule has 1 aliphatic heterocycles. The normalized spacial score (nSPS) is 21.1. The lowest BCUT2D eigenvalue weighted by molar-refractivity contribution is -0.0106. The predicted octanol–water partition coefficient (Wildman–Crippen LogP) is 1.96. The Labute approximate surface area is 102 Å². The fourth-order valence-corrected chi connectivity index (χ4v) is 2.29. The van der Waals surface area contributed by atoms with Gasteiger partial charge in [-0.15, -0.1) is 0 Å². The van der Waals surface area contributed by atoms with Gasteiger partial charge in [0.1, 0.15) is 6.26 Å². The molecular weight excluding hydrogens is 218 g/mol. The van der Waals surface area contributed by atoms with Gasteiger partial charge in [-0.05, 0) is 19.4 Å². The number of hydrogen-bond donors (Lipinski definition) is 0. The van der Waals surface area contributed by atoms with E-state index in [0.29, 0.717) is 18.8 Å². The lowest BCUT2D eigenvalue weighted by atomic mass is 9.87. The van der Waals surface area contributed by atoms with Crippen LogP contribution >= 0.6 is 0 Å². The van der Waals surface area contributed by atoms with Crippen LogP contribution in [0.5, 0.6) is 0 Å². The smallest absolute Gasteiger partial charge is 0.185 e. The maximum Gasteiger partial charge on any atom is 0.185 e. The van der Waals surface area contributed by atoms with Gasteiger partial charge in [-0.25, -0.2) is 0 Å². The van der Waals surface area contributed by atoms with E-state index in [-0.39, 0.29) is 5.78 Å². The third kappa shape index (κ3) is 2.28. The van der Waals surface area contributed by atoms with Crippen molar-refractivity contribution >= 4 is 5.78 Å². The Hall–Kier alpha value is -1.13. The molecule has 94 valence electrons. The summed E-state index contributed by atoms with van der Waals surface area (Å²) in [4.78, 5) is 14.7. The molecule has 4 heteroatoms. The summed E-state index contributed by atoms with van der Waals surface area (Å²) in [5.74, 6) is 0.135. The van der Waals surface area contributed by atoms with Crippen LogP contribution in [0.15, 0.2) is 23.0 Å². The number of ketones is 1. The molecule has 2 heterocycles. The Bertz CT molecular complexity index is 368. The molecule has 0 bridgehead atoms. The molecule has 2 rings (SSSR count). The van der Waals surface area contributed by atoms with Crippen LogP contribution in [0.2, 0.25) is 0 Å². The average molecular weight is 237 g/mol. The van der Waals surface area contributed by atoms with Gasteiger partial charge >= 0.3 is 0 Å². The second kappa shape index (κ2) is 5.02. The van der Waals surface area contributed by atoms with E-state index in [0.717, 1.165) is 19.5 Å². The van der Waals surface area contributed by atoms with Gasteiger partial charge in [-0.1, -0.05) is 6.92 Å². The number of rotatable bonds is 4. The van der Waals surface area contributed by atoms with Crippen LogP contribution in [0.4, 0.5) is 0 Å². The molecule has 1 fully saturated rings. The quantitative estimate of drug-likeness (QED) is 0.751. The minimum absolute atomic E-state index is 0.135. The predicted molar refractivity (Wildman–Crippen MR) is 64.1 cm³/mol. The fraction of sp³-hybridized carbons (Fsp3) is 0.615. The summed E-state index contributed by atoms with van der Waals surface area (Å²) in [7, 11) is 0. The summed E-state index contributed by atoms with van der Waals surface area (Å²) in [6, 6.07) is 1.73. The van der Waals surface area contributed by atoms with Crippen LogP contribution in [0, 0.1) is 0 Å². The number of carbonyl (C=O) groups is 1. The molecule has 0 radical (unpaired) electrons. The first kappa shape index (κ1) is 12.3. The minimum atomic E-state index is -0.451. The molecule has 1 unspecified atom stereocenters. The van der Waals surface area contributed by atoms with Crippen molar-refractivity contribution in [3.63, 3.8) is 0 Å². The van der Waals surface area contributed by atoms with Crippen molar-refractivity contribution in [1.29, 1.82) is 0 Å². The molecule has 0 N–H and O–H groups in total. The summed E-state index contributed by atoms with van der Waals surface area (Å²) in [6.07, 6.45) is 3.86. The van der Waals surface area contributed by atoms with Gasteiger partial charge in [0.05, 0.1) is 30.6 Å². The number of furan rings is 1. The molecule has 0 amide bonds. The lowest BCUT2D eigenvalue weighted by Crippen LogP contribution is -2.55. The van der Waals surface area contributed by atoms with Crippen molar-refractivity contribution in [3.05, 3.63) is 24.2 Å². The molecule has 1 aromatic rings. The lowest BCUT2D eigenvalue weighted by Gasteiger charge is -2.41. The first-order valence-electron chi connectivity index (χ1n) is 6.08. The first-order chi connectivity index (χ1) is 8.18. The monoisotopic (exact) mass is 237 g/mol. The molecular formula is C13H19NO3. The van der Waals surface area contributed by atoms with Gasteiger partial charge in [-0.3, -0.25) is 9.69 Å². The Kier molecular flexibility index (Phi) is 3.64. The highest BCUT2D eigenvalue weighted by molar-refractivity contribution is 6.02. The van der Waals surface area contributed by atoms with Crippen molar-refractivity contribution in [2.75, 3.05) is 26.3 Å². The summed E-state index contributed by atoms with van der Waals surface area (Å²) >= 11 is 0. The molecule has 1 saturated heterocycles. The van der Waals surface area contributed by atoms with Gasteiger partial charge in [0.2, 0.25) is 0 Å². The van der Waals surface area contributed by atoms with Gasteiger partial charge in [0.15, 0.2) is 5.78 Å². The van der Waals surface area contributed by atoms with Crippen molar-refractivity contribution in [2.24, 2.45) is 0 Å². The van der Waals surface area contributed by atoms with Crippen LogP contribution in [0.1, 0.15) is 30.6 Å². The topological polar surface area (TPSA) is 42.7 Å². The maximum atomic E-state index is 12.5. The first-order valence-corrected chi connectivity index (χ1v) is 6.08. The molecule has 0 aliphatic carbocycles. The number of carbonyl (C=O) groups excluding carboxylic acids is 1. The number of nitrogens with zero attached hydrogens (tertiary/aromatic N) is 1. The average Bonchev–Trinajstić information content (AvgIpc) is 2.92. The number of morpholine rings is 1. The van der Waals surface area contributed by atoms with Crippen LogP contribution in [0.3, 0.4) is 0 Å². The number of hydrogen-bond acceptors (Lipinski definition) is 4. The second-order valence-corrected chi connectivity index (χ2v) is 4.57. The molecule has 0 spiro atoms. The zero-order valence-electron chi connectivity index (χ0n) is 10.4. The Morgan fingerprint density at radius 3 is 2.71 bits per heavy atom. The van der Waals surface area contributed by atoms with E-state index in [9.17, 15) is 4.79 Å². The zero-order valence-corrected chi connectivity index (χ0v) is 10.4. The number of ether oxygens (including phenoxy) is 1. The van der Waals surface area contributed by atoms with E-state index in [2.05, 4.69) is 4.90 Å². The van der Waals surface area contributed by atoms with Crippen LogP contribution in [-0.4, -0.2) is 42.5 Å². The molecule has 0 saturated carbocycles. The molecule has 4 nitrogen and oxygen atoms in total. The maximum absolute atomic E-state index is 12.5. The third-order valence-electron chi connectivity index (χ3n) is 3.67. The van der Waals surface area contributed by atoms with E-state index in [1.54, 1.807) is 12.3 Å². The van der Waals surface area contributed by atoms with E-state index < -0.39 is 5.54 Å². The Morgan fingerprint density at radius 2 is 2.18 bits per heavy atom. The largest absolute Gasteiger partial charge is 0.472 e. The van der Waals surface area contributed by atoms with Crippen molar-refractivity contribution in [1.82, 2.24) is 4.90 Å². The van der Waals surface area contributed by atoms with Crippen molar-refractivity contribution < 1.29 is 13.9 Å². The second-order valence-electron chi connectivity index (χ2n) is 4.57. The van der Waals surface area contributed by atoms with Gasteiger partial charge in [0.25, 0.3) is 0 Å². The summed E-state index contributed by atoms with van der Waals surface area (Å²) in [5, 5.41) is 0. The van der Waals surface area contributed by atoms with E-state index in [1.807, 2.05) is 13.8 Å². The Balaban J connectivity index is 2.20. The highest BCUT2D eigenvalue weighted by Crippen LogP contribution is 2.25. The highest BCUT2D eigenvalue weighted by Gasteiger charge is 2.39. The molecule has 0 aromatic carbocycles. The van der Waals surface area contributed by atoms with Gasteiger partial charge in [-0.2, -0.15) is 0 Å². The van der Waals surface area contributed by atoms with Crippen LogP contribution < -0.4 is 0 Å². The van der Waals surface area contributed by atoms with Crippen molar-refractivity contribution in [2.45, 2.75) is 25.8 Å². The summed E-state index contributed by atoms with van der Waals surface area (Å²) in [5.41, 5.74) is 0.203. The molecule has 1 aliphatic rings. The van der Waals surface area contributed by atoms with Gasteiger partial charge in [0, 0.05) is 13.1 Å². The summed E-state index contributed by atoms with van der Waals surface area (Å²) < 4.78 is 10.3. The van der Waals surface area contributed by atoms with Gasteiger partial charge < -0.3 is 9.15 Å². The third-order valence-corrected chi connectivity index (χ3v) is 3.67. The Morgan fingerprint density at radius 1 is 1.47 bits per heavy atom. The molecule has 1 atom stereocenters. The zero-order chi connectivity index (χ0) is 12.3.